The van der Waals surface area contributed by atoms with Crippen molar-refractivity contribution in [3.63, 3.8) is 0 Å². The third kappa shape index (κ3) is 7.30. The molecule has 0 unspecified atom stereocenters. The molecule has 0 aromatic carbocycles. The number of rotatable bonds is 9. The highest BCUT2D eigenvalue weighted by molar-refractivity contribution is 5.79. The number of aliphatic imine (C=N–C) groups is 1. The number of nitrogens with zero attached hydrogens (tertiary/aromatic N) is 2. The van der Waals surface area contributed by atoms with Gasteiger partial charge in [0.15, 0.2) is 5.96 Å². The number of hydrogen-bond acceptors (Lipinski definition) is 5. The van der Waals surface area contributed by atoms with Gasteiger partial charge in [-0.2, -0.15) is 0 Å². The van der Waals surface area contributed by atoms with Gasteiger partial charge in [-0.3, -0.25) is 14.7 Å². The van der Waals surface area contributed by atoms with Crippen LogP contribution in [0.2, 0.25) is 0 Å². The zero-order valence-corrected chi connectivity index (χ0v) is 17.2. The van der Waals surface area contributed by atoms with Crippen molar-refractivity contribution in [2.45, 2.75) is 64.3 Å². The van der Waals surface area contributed by atoms with E-state index in [-0.39, 0.29) is 11.5 Å². The summed E-state index contributed by atoms with van der Waals surface area (Å²) in [4.78, 5) is 19.0. The third-order valence-electron chi connectivity index (χ3n) is 5.50. The molecule has 2 N–H and O–H groups in total. The molecule has 0 amide bonds. The second-order valence-corrected chi connectivity index (χ2v) is 7.41. The number of ether oxygens (including phenoxy) is 2. The van der Waals surface area contributed by atoms with Gasteiger partial charge in [0.05, 0.1) is 26.4 Å². The van der Waals surface area contributed by atoms with Crippen molar-refractivity contribution >= 4 is 11.9 Å². The van der Waals surface area contributed by atoms with E-state index < -0.39 is 0 Å². The predicted molar refractivity (Wildman–Crippen MR) is 108 cm³/mol. The molecule has 1 saturated carbocycles. The first-order valence-corrected chi connectivity index (χ1v) is 10.7. The van der Waals surface area contributed by atoms with E-state index in [0.717, 1.165) is 58.3 Å². The summed E-state index contributed by atoms with van der Waals surface area (Å²) >= 11 is 0. The third-order valence-corrected chi connectivity index (χ3v) is 5.50. The summed E-state index contributed by atoms with van der Waals surface area (Å²) in [6, 6.07) is 0. The average Bonchev–Trinajstić information content (AvgIpc) is 2.71. The van der Waals surface area contributed by atoms with Gasteiger partial charge >= 0.3 is 5.97 Å². The molecule has 0 atom stereocenters. The van der Waals surface area contributed by atoms with E-state index >= 15 is 0 Å². The van der Waals surface area contributed by atoms with Crippen LogP contribution in [-0.4, -0.2) is 74.9 Å². The standard InChI is InChI=1S/C20H38N4O3/c1-3-21-19(22-12-8-9-18(25)27-4-2)23-17-20(10-6-5-7-11-20)24-13-15-26-16-14-24/h3-17H2,1-2H3,(H2,21,22,23). The molecule has 0 spiro atoms. The zero-order chi connectivity index (χ0) is 19.4. The van der Waals surface area contributed by atoms with Gasteiger partial charge in [0.2, 0.25) is 0 Å². The lowest BCUT2D eigenvalue weighted by Gasteiger charge is -2.47. The molecule has 0 aromatic rings. The Morgan fingerprint density at radius 3 is 2.56 bits per heavy atom. The van der Waals surface area contributed by atoms with Crippen LogP contribution in [0.5, 0.6) is 0 Å². The fourth-order valence-corrected chi connectivity index (χ4v) is 4.06. The minimum Gasteiger partial charge on any atom is -0.466 e. The Morgan fingerprint density at radius 2 is 1.89 bits per heavy atom. The predicted octanol–water partition coefficient (Wildman–Crippen LogP) is 1.92. The van der Waals surface area contributed by atoms with Crippen LogP contribution in [0.1, 0.15) is 58.8 Å². The summed E-state index contributed by atoms with van der Waals surface area (Å²) in [7, 11) is 0. The summed E-state index contributed by atoms with van der Waals surface area (Å²) < 4.78 is 10.5. The van der Waals surface area contributed by atoms with Crippen molar-refractivity contribution in [3.8, 4) is 0 Å². The van der Waals surface area contributed by atoms with Gasteiger partial charge in [-0.15, -0.1) is 0 Å². The lowest BCUT2D eigenvalue weighted by Crippen LogP contribution is -2.56. The number of carbonyl (C=O) groups is 1. The van der Waals surface area contributed by atoms with Crippen molar-refractivity contribution in [2.75, 3.05) is 52.5 Å². The van der Waals surface area contributed by atoms with Crippen molar-refractivity contribution in [1.82, 2.24) is 15.5 Å². The van der Waals surface area contributed by atoms with Crippen molar-refractivity contribution in [1.29, 1.82) is 0 Å². The molecule has 7 nitrogen and oxygen atoms in total. The Labute approximate surface area is 164 Å². The minimum atomic E-state index is -0.130. The van der Waals surface area contributed by atoms with Crippen molar-refractivity contribution in [3.05, 3.63) is 0 Å². The van der Waals surface area contributed by atoms with Crippen molar-refractivity contribution < 1.29 is 14.3 Å². The summed E-state index contributed by atoms with van der Waals surface area (Å²) in [5.41, 5.74) is 0.176. The van der Waals surface area contributed by atoms with Gasteiger partial charge in [0.1, 0.15) is 0 Å². The highest BCUT2D eigenvalue weighted by atomic mass is 16.5. The lowest BCUT2D eigenvalue weighted by atomic mass is 9.80. The fourth-order valence-electron chi connectivity index (χ4n) is 4.06. The second kappa shape index (κ2) is 12.2. The Bertz CT molecular complexity index is 458. The molecule has 27 heavy (non-hydrogen) atoms. The van der Waals surface area contributed by atoms with Crippen molar-refractivity contribution in [2.24, 2.45) is 4.99 Å². The van der Waals surface area contributed by atoms with Gasteiger partial charge < -0.3 is 20.1 Å². The van der Waals surface area contributed by atoms with Crippen LogP contribution in [0.25, 0.3) is 0 Å². The maximum atomic E-state index is 11.5. The number of morpholine rings is 1. The van der Waals surface area contributed by atoms with E-state index in [9.17, 15) is 4.79 Å². The van der Waals surface area contributed by atoms with Crippen LogP contribution in [0, 0.1) is 0 Å². The van der Waals surface area contributed by atoms with E-state index in [4.69, 9.17) is 14.5 Å². The summed E-state index contributed by atoms with van der Waals surface area (Å²) in [5.74, 6) is 0.717. The normalized spacial score (nSPS) is 20.9. The molecular formula is C20H38N4O3. The molecule has 1 aliphatic carbocycles. The Kier molecular flexibility index (Phi) is 9.91. The maximum Gasteiger partial charge on any atom is 0.305 e. The Hall–Kier alpha value is -1.34. The SMILES string of the molecule is CCNC(=NCC1(N2CCOCC2)CCCCC1)NCCCC(=O)OCC. The molecule has 156 valence electrons. The average molecular weight is 383 g/mol. The van der Waals surface area contributed by atoms with E-state index in [1.807, 2.05) is 6.92 Å². The molecule has 0 radical (unpaired) electrons. The molecule has 7 heteroatoms. The highest BCUT2D eigenvalue weighted by Crippen LogP contribution is 2.34. The number of esters is 1. The van der Waals surface area contributed by atoms with E-state index in [1.165, 1.54) is 32.1 Å². The van der Waals surface area contributed by atoms with Gasteiger partial charge in [0, 0.05) is 38.1 Å². The quantitative estimate of drug-likeness (QED) is 0.275. The van der Waals surface area contributed by atoms with Crippen LogP contribution in [0.15, 0.2) is 4.99 Å². The molecule has 1 saturated heterocycles. The van der Waals surface area contributed by atoms with Gasteiger partial charge in [-0.05, 0) is 33.1 Å². The molecule has 1 heterocycles. The highest BCUT2D eigenvalue weighted by Gasteiger charge is 2.38. The van der Waals surface area contributed by atoms with E-state index in [0.29, 0.717) is 13.0 Å². The first-order chi connectivity index (χ1) is 13.2. The number of guanidine groups is 1. The molecule has 0 bridgehead atoms. The molecule has 2 fully saturated rings. The van der Waals surface area contributed by atoms with E-state index in [1.54, 1.807) is 0 Å². The number of carbonyl (C=O) groups excluding carboxylic acids is 1. The van der Waals surface area contributed by atoms with E-state index in [2.05, 4.69) is 22.5 Å². The van der Waals surface area contributed by atoms with Crippen LogP contribution < -0.4 is 10.6 Å². The first kappa shape index (κ1) is 22.0. The lowest BCUT2D eigenvalue weighted by molar-refractivity contribution is -0.143. The summed E-state index contributed by atoms with van der Waals surface area (Å²) in [6.07, 6.45) is 7.54. The van der Waals surface area contributed by atoms with Crippen LogP contribution in [0.3, 0.4) is 0 Å². The number of nitrogens with one attached hydrogen (secondary N) is 2. The Balaban J connectivity index is 1.90. The molecule has 0 aromatic heterocycles. The fraction of sp³-hybridized carbons (Fsp3) is 0.900. The number of hydrogen-bond donors (Lipinski definition) is 2. The topological polar surface area (TPSA) is 75.2 Å². The van der Waals surface area contributed by atoms with Gasteiger partial charge in [-0.1, -0.05) is 19.3 Å². The molecule has 2 aliphatic rings. The van der Waals surface area contributed by atoms with Gasteiger partial charge in [0.25, 0.3) is 0 Å². The molecule has 2 rings (SSSR count). The summed E-state index contributed by atoms with van der Waals surface area (Å²) in [5, 5.41) is 6.70. The maximum absolute atomic E-state index is 11.5. The monoisotopic (exact) mass is 382 g/mol. The Morgan fingerprint density at radius 1 is 1.15 bits per heavy atom. The zero-order valence-electron chi connectivity index (χ0n) is 17.2. The molecular weight excluding hydrogens is 344 g/mol. The molecule has 1 aliphatic heterocycles. The largest absolute Gasteiger partial charge is 0.466 e. The first-order valence-electron chi connectivity index (χ1n) is 10.7. The van der Waals surface area contributed by atoms with Crippen LogP contribution in [0.4, 0.5) is 0 Å². The summed E-state index contributed by atoms with van der Waals surface area (Å²) in [6.45, 7) is 10.4. The van der Waals surface area contributed by atoms with Crippen LogP contribution >= 0.6 is 0 Å². The van der Waals surface area contributed by atoms with Crippen LogP contribution in [-0.2, 0) is 14.3 Å². The van der Waals surface area contributed by atoms with Gasteiger partial charge in [-0.25, -0.2) is 0 Å². The smallest absolute Gasteiger partial charge is 0.305 e. The second-order valence-electron chi connectivity index (χ2n) is 7.41. The minimum absolute atomic E-state index is 0.130.